The van der Waals surface area contributed by atoms with Crippen molar-refractivity contribution in [2.24, 2.45) is 5.73 Å². The number of nitrogens with two attached hydrogens (primary N) is 1. The molecule has 1 fully saturated rings. The molecule has 19 heavy (non-hydrogen) atoms. The van der Waals surface area contributed by atoms with Crippen LogP contribution in [0.2, 0.25) is 0 Å². The minimum absolute atomic E-state index is 0.487. The van der Waals surface area contributed by atoms with Crippen molar-refractivity contribution in [3.05, 3.63) is 16.2 Å². The van der Waals surface area contributed by atoms with Crippen LogP contribution in [0.1, 0.15) is 49.0 Å². The molecule has 0 atom stereocenters. The van der Waals surface area contributed by atoms with Crippen molar-refractivity contribution in [1.29, 1.82) is 0 Å². The summed E-state index contributed by atoms with van der Waals surface area (Å²) in [6.45, 7) is 2.52. The van der Waals surface area contributed by atoms with Crippen LogP contribution in [-0.2, 0) is 6.54 Å². The van der Waals surface area contributed by atoms with Crippen molar-refractivity contribution >= 4 is 11.3 Å². The predicted octanol–water partition coefficient (Wildman–Crippen LogP) is 2.67. The van der Waals surface area contributed by atoms with Crippen molar-refractivity contribution in [3.8, 4) is 11.5 Å². The van der Waals surface area contributed by atoms with Crippen LogP contribution < -0.4 is 5.73 Å². The summed E-state index contributed by atoms with van der Waals surface area (Å²) in [5.74, 6) is 1.89. The summed E-state index contributed by atoms with van der Waals surface area (Å²) in [5.41, 5.74) is 6.55. The average molecular weight is 277 g/mol. The van der Waals surface area contributed by atoms with E-state index in [1.54, 1.807) is 11.3 Å². The number of rotatable bonds is 3. The second-order valence-electron chi connectivity index (χ2n) is 5.06. The molecule has 3 rings (SSSR count). The number of hydrogen-bond acceptors (Lipinski definition) is 5. The summed E-state index contributed by atoms with van der Waals surface area (Å²) < 4.78 is 2.27. The SMILES string of the molecule is Cc1nnc(-c2csc(CN)n2)n1C1CCCCC1. The van der Waals surface area contributed by atoms with Crippen LogP contribution >= 0.6 is 11.3 Å². The van der Waals surface area contributed by atoms with Gasteiger partial charge in [-0.1, -0.05) is 19.3 Å². The molecule has 0 radical (unpaired) electrons. The van der Waals surface area contributed by atoms with E-state index in [0.717, 1.165) is 22.4 Å². The highest BCUT2D eigenvalue weighted by molar-refractivity contribution is 7.09. The number of aryl methyl sites for hydroxylation is 1. The van der Waals surface area contributed by atoms with E-state index < -0.39 is 0 Å². The van der Waals surface area contributed by atoms with Gasteiger partial charge in [-0.05, 0) is 19.8 Å². The molecule has 1 aliphatic carbocycles. The zero-order chi connectivity index (χ0) is 13.2. The van der Waals surface area contributed by atoms with Gasteiger partial charge in [0.15, 0.2) is 5.82 Å². The molecule has 1 saturated carbocycles. The Kier molecular flexibility index (Phi) is 3.61. The summed E-state index contributed by atoms with van der Waals surface area (Å²) >= 11 is 1.59. The highest BCUT2D eigenvalue weighted by atomic mass is 32.1. The van der Waals surface area contributed by atoms with E-state index in [2.05, 4.69) is 19.7 Å². The monoisotopic (exact) mass is 277 g/mol. The van der Waals surface area contributed by atoms with Gasteiger partial charge in [-0.3, -0.25) is 0 Å². The Hall–Kier alpha value is -1.27. The summed E-state index contributed by atoms with van der Waals surface area (Å²) in [6.07, 6.45) is 6.39. The van der Waals surface area contributed by atoms with Crippen molar-refractivity contribution in [1.82, 2.24) is 19.7 Å². The van der Waals surface area contributed by atoms with Gasteiger partial charge < -0.3 is 10.3 Å². The van der Waals surface area contributed by atoms with Crippen LogP contribution in [0.3, 0.4) is 0 Å². The first-order valence-electron chi connectivity index (χ1n) is 6.86. The molecule has 0 unspecified atom stereocenters. The van der Waals surface area contributed by atoms with E-state index in [9.17, 15) is 0 Å². The van der Waals surface area contributed by atoms with E-state index in [1.165, 1.54) is 32.1 Å². The first-order chi connectivity index (χ1) is 9.29. The van der Waals surface area contributed by atoms with E-state index >= 15 is 0 Å². The standard InChI is InChI=1S/C13H19N5S/c1-9-16-17-13(11-8-19-12(7-14)15-11)18(9)10-5-3-2-4-6-10/h8,10H,2-7,14H2,1H3. The second-order valence-corrected chi connectivity index (χ2v) is 6.01. The van der Waals surface area contributed by atoms with Gasteiger partial charge in [0.25, 0.3) is 0 Å². The van der Waals surface area contributed by atoms with Gasteiger partial charge >= 0.3 is 0 Å². The molecule has 6 heteroatoms. The third-order valence-electron chi connectivity index (χ3n) is 3.76. The summed E-state index contributed by atoms with van der Waals surface area (Å²) in [7, 11) is 0. The number of thiazole rings is 1. The lowest BCUT2D eigenvalue weighted by Gasteiger charge is -2.24. The Bertz CT molecular complexity index is 553. The molecular formula is C13H19N5S. The van der Waals surface area contributed by atoms with Crippen LogP contribution in [0.5, 0.6) is 0 Å². The highest BCUT2D eigenvalue weighted by Crippen LogP contribution is 2.32. The fourth-order valence-electron chi connectivity index (χ4n) is 2.83. The molecule has 102 valence electrons. The van der Waals surface area contributed by atoms with E-state index in [0.29, 0.717) is 12.6 Å². The van der Waals surface area contributed by atoms with Gasteiger partial charge in [-0.2, -0.15) is 0 Å². The molecule has 1 aliphatic rings. The quantitative estimate of drug-likeness (QED) is 0.936. The molecular weight excluding hydrogens is 258 g/mol. The van der Waals surface area contributed by atoms with Gasteiger partial charge in [-0.15, -0.1) is 21.5 Å². The van der Waals surface area contributed by atoms with Crippen molar-refractivity contribution in [2.75, 3.05) is 0 Å². The van der Waals surface area contributed by atoms with Crippen molar-refractivity contribution in [2.45, 2.75) is 51.6 Å². The maximum absolute atomic E-state index is 5.63. The summed E-state index contributed by atoms with van der Waals surface area (Å²) in [4.78, 5) is 4.54. The third kappa shape index (κ3) is 2.42. The molecule has 2 N–H and O–H groups in total. The molecule has 5 nitrogen and oxygen atoms in total. The average Bonchev–Trinajstić information content (AvgIpc) is 3.05. The Morgan fingerprint density at radius 1 is 1.32 bits per heavy atom. The fraction of sp³-hybridized carbons (Fsp3) is 0.615. The zero-order valence-electron chi connectivity index (χ0n) is 11.2. The van der Waals surface area contributed by atoms with E-state index in [4.69, 9.17) is 5.73 Å². The second kappa shape index (κ2) is 5.38. The van der Waals surface area contributed by atoms with Crippen molar-refractivity contribution < 1.29 is 0 Å². The van der Waals surface area contributed by atoms with E-state index in [-0.39, 0.29) is 0 Å². The third-order valence-corrected chi connectivity index (χ3v) is 4.63. The molecule has 2 aromatic heterocycles. The molecule has 0 amide bonds. The van der Waals surface area contributed by atoms with Gasteiger partial charge in [0.2, 0.25) is 0 Å². The van der Waals surface area contributed by atoms with Crippen molar-refractivity contribution in [3.63, 3.8) is 0 Å². The first kappa shape index (κ1) is 12.7. The Balaban J connectivity index is 1.97. The minimum Gasteiger partial charge on any atom is -0.325 e. The van der Waals surface area contributed by atoms with Crippen LogP contribution in [-0.4, -0.2) is 19.7 Å². The summed E-state index contributed by atoms with van der Waals surface area (Å²) in [6, 6.07) is 0.529. The molecule has 0 aromatic carbocycles. The van der Waals surface area contributed by atoms with Gasteiger partial charge in [-0.25, -0.2) is 4.98 Å². The lowest BCUT2D eigenvalue weighted by atomic mass is 9.95. The Labute approximate surface area is 116 Å². The van der Waals surface area contributed by atoms with Gasteiger partial charge in [0, 0.05) is 18.0 Å². The topological polar surface area (TPSA) is 69.6 Å². The lowest BCUT2D eigenvalue weighted by molar-refractivity contribution is 0.350. The van der Waals surface area contributed by atoms with Gasteiger partial charge in [0.05, 0.1) is 0 Å². The van der Waals surface area contributed by atoms with Crippen LogP contribution in [0, 0.1) is 6.92 Å². The van der Waals surface area contributed by atoms with Crippen LogP contribution in [0.4, 0.5) is 0 Å². The zero-order valence-corrected chi connectivity index (χ0v) is 12.0. The Morgan fingerprint density at radius 2 is 2.11 bits per heavy atom. The number of nitrogens with zero attached hydrogens (tertiary/aromatic N) is 4. The molecule has 0 spiro atoms. The Morgan fingerprint density at radius 3 is 2.79 bits per heavy atom. The van der Waals surface area contributed by atoms with Crippen LogP contribution in [0.15, 0.2) is 5.38 Å². The molecule has 2 heterocycles. The fourth-order valence-corrected chi connectivity index (χ4v) is 3.48. The number of hydrogen-bond donors (Lipinski definition) is 1. The molecule has 0 bridgehead atoms. The largest absolute Gasteiger partial charge is 0.325 e. The summed E-state index contributed by atoms with van der Waals surface area (Å²) in [5, 5.41) is 11.6. The maximum Gasteiger partial charge on any atom is 0.183 e. The molecule has 0 saturated heterocycles. The molecule has 2 aromatic rings. The smallest absolute Gasteiger partial charge is 0.183 e. The number of aromatic nitrogens is 4. The highest BCUT2D eigenvalue weighted by Gasteiger charge is 2.22. The van der Waals surface area contributed by atoms with Crippen LogP contribution in [0.25, 0.3) is 11.5 Å². The maximum atomic E-state index is 5.63. The molecule has 0 aliphatic heterocycles. The van der Waals surface area contributed by atoms with E-state index in [1.807, 2.05) is 12.3 Å². The normalized spacial score (nSPS) is 16.9. The van der Waals surface area contributed by atoms with Gasteiger partial charge in [0.1, 0.15) is 16.5 Å². The lowest BCUT2D eigenvalue weighted by Crippen LogP contribution is -2.15. The predicted molar refractivity (Wildman–Crippen MR) is 75.9 cm³/mol. The minimum atomic E-state index is 0.487. The first-order valence-corrected chi connectivity index (χ1v) is 7.74.